The molecule has 0 aromatic carbocycles. The zero-order chi connectivity index (χ0) is 7.84. The summed E-state index contributed by atoms with van der Waals surface area (Å²) in [6.07, 6.45) is 1.19. The van der Waals surface area contributed by atoms with Crippen LogP contribution >= 0.6 is 15.9 Å². The lowest BCUT2D eigenvalue weighted by Crippen LogP contribution is -2.27. The summed E-state index contributed by atoms with van der Waals surface area (Å²) in [5.41, 5.74) is 0. The monoisotopic (exact) mass is 215 g/mol. The smallest absolute Gasteiger partial charge is 0.130 e. The van der Waals surface area contributed by atoms with Crippen molar-refractivity contribution >= 4 is 21.7 Å². The third-order valence-corrected chi connectivity index (χ3v) is 2.37. The van der Waals surface area contributed by atoms with E-state index in [4.69, 9.17) is 0 Å². The summed E-state index contributed by atoms with van der Waals surface area (Å²) in [4.78, 5) is 2.22. The van der Waals surface area contributed by atoms with E-state index in [0.29, 0.717) is 0 Å². The van der Waals surface area contributed by atoms with Gasteiger partial charge in [0.2, 0.25) is 0 Å². The Labute approximate surface area is 74.1 Å². The molecule has 2 heterocycles. The topological polar surface area (TPSA) is 21.1 Å². The van der Waals surface area contributed by atoms with Gasteiger partial charge in [0.25, 0.3) is 0 Å². The van der Waals surface area contributed by atoms with E-state index in [1.165, 1.54) is 12.2 Å². The van der Waals surface area contributed by atoms with Gasteiger partial charge in [-0.05, 0) is 22.4 Å². The van der Waals surface area contributed by atoms with Crippen LogP contribution in [-0.4, -0.2) is 23.4 Å². The van der Waals surface area contributed by atoms with E-state index in [1.54, 1.807) is 0 Å². The number of hydrogen-bond donors (Lipinski definition) is 0. The van der Waals surface area contributed by atoms with Gasteiger partial charge in [-0.15, -0.1) is 0 Å². The highest BCUT2D eigenvalue weighted by Gasteiger charge is 2.14. The van der Waals surface area contributed by atoms with Crippen LogP contribution in [0.15, 0.2) is 10.7 Å². The second kappa shape index (κ2) is 2.52. The Morgan fingerprint density at radius 2 is 2.36 bits per heavy atom. The fourth-order valence-electron chi connectivity index (χ4n) is 1.42. The molecule has 0 saturated carbocycles. The third-order valence-electron chi connectivity index (χ3n) is 1.98. The van der Waals surface area contributed by atoms with Gasteiger partial charge in [0.15, 0.2) is 0 Å². The van der Waals surface area contributed by atoms with Crippen LogP contribution in [0.1, 0.15) is 6.42 Å². The van der Waals surface area contributed by atoms with Crippen LogP contribution in [0.5, 0.6) is 0 Å². The van der Waals surface area contributed by atoms with Crippen LogP contribution in [0.3, 0.4) is 0 Å². The Bertz CT molecular complexity index is 269. The summed E-state index contributed by atoms with van der Waals surface area (Å²) in [6.45, 7) is 2.18. The number of anilines is 1. The molecular weight excluding hydrogens is 206 g/mol. The molecule has 0 unspecified atom stereocenters. The van der Waals surface area contributed by atoms with Crippen molar-refractivity contribution in [1.82, 2.24) is 9.78 Å². The Morgan fingerprint density at radius 3 is 3.09 bits per heavy atom. The van der Waals surface area contributed by atoms with Crippen molar-refractivity contribution < 1.29 is 0 Å². The summed E-state index contributed by atoms with van der Waals surface area (Å²) >= 11 is 3.36. The summed E-state index contributed by atoms with van der Waals surface area (Å²) in [7, 11) is 2.10. The quantitative estimate of drug-likeness (QED) is 0.655. The largest absolute Gasteiger partial charge is 0.360 e. The van der Waals surface area contributed by atoms with Gasteiger partial charge in [-0.2, -0.15) is 5.10 Å². The van der Waals surface area contributed by atoms with Crippen LogP contribution in [-0.2, 0) is 6.54 Å². The van der Waals surface area contributed by atoms with Crippen LogP contribution in [0.2, 0.25) is 0 Å². The maximum Gasteiger partial charge on any atom is 0.130 e. The molecule has 0 N–H and O–H groups in total. The van der Waals surface area contributed by atoms with E-state index in [1.807, 2.05) is 4.68 Å². The van der Waals surface area contributed by atoms with Gasteiger partial charge in [0.1, 0.15) is 10.4 Å². The second-order valence-corrected chi connectivity index (χ2v) is 3.64. The first kappa shape index (κ1) is 7.16. The third kappa shape index (κ3) is 1.15. The number of nitrogens with zero attached hydrogens (tertiary/aromatic N) is 3. The molecular formula is C7H10BrN3. The van der Waals surface area contributed by atoms with Gasteiger partial charge in [-0.1, -0.05) is 0 Å². The number of aryl methyl sites for hydroxylation is 1. The minimum absolute atomic E-state index is 0.932. The van der Waals surface area contributed by atoms with Crippen molar-refractivity contribution in [2.45, 2.75) is 13.0 Å². The highest BCUT2D eigenvalue weighted by Crippen LogP contribution is 2.22. The van der Waals surface area contributed by atoms with Gasteiger partial charge in [0.05, 0.1) is 0 Å². The minimum Gasteiger partial charge on any atom is -0.360 e. The number of fused-ring (bicyclic) bond motifs is 1. The lowest BCUT2D eigenvalue weighted by Gasteiger charge is -2.24. The molecule has 1 aromatic rings. The molecule has 11 heavy (non-hydrogen) atoms. The summed E-state index contributed by atoms with van der Waals surface area (Å²) < 4.78 is 2.97. The van der Waals surface area contributed by atoms with E-state index >= 15 is 0 Å². The molecule has 2 rings (SSSR count). The number of hydrogen-bond acceptors (Lipinski definition) is 2. The van der Waals surface area contributed by atoms with Crippen LogP contribution in [0.4, 0.5) is 5.82 Å². The average molecular weight is 216 g/mol. The molecule has 0 saturated heterocycles. The maximum absolute atomic E-state index is 4.29. The van der Waals surface area contributed by atoms with Crippen molar-refractivity contribution in [3.63, 3.8) is 0 Å². The minimum atomic E-state index is 0.932. The SMILES string of the molecule is CN1CCCn2nc(Br)cc21. The van der Waals surface area contributed by atoms with Crippen molar-refractivity contribution in [3.05, 3.63) is 10.7 Å². The zero-order valence-electron chi connectivity index (χ0n) is 6.42. The predicted octanol–water partition coefficient (Wildman–Crippen LogP) is 1.49. The molecule has 0 aliphatic carbocycles. The molecule has 1 aliphatic rings. The van der Waals surface area contributed by atoms with E-state index in [0.717, 1.165) is 17.7 Å². The molecule has 1 aromatic heterocycles. The van der Waals surface area contributed by atoms with Gasteiger partial charge < -0.3 is 4.90 Å². The highest BCUT2D eigenvalue weighted by atomic mass is 79.9. The van der Waals surface area contributed by atoms with Crippen LogP contribution < -0.4 is 4.90 Å². The summed E-state index contributed by atoms with van der Waals surface area (Å²) in [5, 5.41) is 4.29. The first-order chi connectivity index (χ1) is 5.27. The summed E-state index contributed by atoms with van der Waals surface area (Å²) in [6, 6.07) is 2.05. The van der Waals surface area contributed by atoms with Crippen molar-refractivity contribution in [3.8, 4) is 0 Å². The Balaban J connectivity index is 2.43. The second-order valence-electron chi connectivity index (χ2n) is 2.82. The molecule has 0 amide bonds. The average Bonchev–Trinajstić information content (AvgIpc) is 2.31. The van der Waals surface area contributed by atoms with Gasteiger partial charge in [-0.25, -0.2) is 4.68 Å². The normalized spacial score (nSPS) is 16.7. The fraction of sp³-hybridized carbons (Fsp3) is 0.571. The Kier molecular flexibility index (Phi) is 1.64. The molecule has 1 aliphatic heterocycles. The van der Waals surface area contributed by atoms with Gasteiger partial charge in [-0.3, -0.25) is 0 Å². The lowest BCUT2D eigenvalue weighted by molar-refractivity contribution is 0.531. The molecule has 0 fully saturated rings. The zero-order valence-corrected chi connectivity index (χ0v) is 8.00. The lowest BCUT2D eigenvalue weighted by atomic mass is 10.3. The maximum atomic E-state index is 4.29. The molecule has 0 bridgehead atoms. The molecule has 0 spiro atoms. The van der Waals surface area contributed by atoms with Gasteiger partial charge in [0, 0.05) is 26.2 Å². The highest BCUT2D eigenvalue weighted by molar-refractivity contribution is 9.10. The first-order valence-corrected chi connectivity index (χ1v) is 4.51. The molecule has 0 radical (unpaired) electrons. The van der Waals surface area contributed by atoms with E-state index in [2.05, 4.69) is 39.0 Å². The van der Waals surface area contributed by atoms with Crippen LogP contribution in [0, 0.1) is 0 Å². The number of aromatic nitrogens is 2. The molecule has 0 atom stereocenters. The summed E-state index contributed by atoms with van der Waals surface area (Å²) in [5.74, 6) is 1.21. The van der Waals surface area contributed by atoms with Crippen molar-refractivity contribution in [2.24, 2.45) is 0 Å². The molecule has 60 valence electrons. The van der Waals surface area contributed by atoms with E-state index in [-0.39, 0.29) is 0 Å². The number of halogens is 1. The Morgan fingerprint density at radius 1 is 1.55 bits per heavy atom. The van der Waals surface area contributed by atoms with Crippen molar-refractivity contribution in [2.75, 3.05) is 18.5 Å². The molecule has 3 nitrogen and oxygen atoms in total. The van der Waals surface area contributed by atoms with Crippen molar-refractivity contribution in [1.29, 1.82) is 0 Å². The number of rotatable bonds is 0. The predicted molar refractivity (Wildman–Crippen MR) is 47.8 cm³/mol. The van der Waals surface area contributed by atoms with E-state index in [9.17, 15) is 0 Å². The van der Waals surface area contributed by atoms with E-state index < -0.39 is 0 Å². The standard InChI is InChI=1S/C7H10BrN3/c1-10-3-2-4-11-7(10)5-6(8)9-11/h5H,2-4H2,1H3. The molecule has 4 heteroatoms. The van der Waals surface area contributed by atoms with Gasteiger partial charge >= 0.3 is 0 Å². The van der Waals surface area contributed by atoms with Crippen LogP contribution in [0.25, 0.3) is 0 Å². The Hall–Kier alpha value is -0.510. The first-order valence-electron chi connectivity index (χ1n) is 3.72. The fourth-order valence-corrected chi connectivity index (χ4v) is 1.82.